The van der Waals surface area contributed by atoms with Crippen LogP contribution < -0.4 is 9.47 Å². The Kier molecular flexibility index (Phi) is 9.69. The molecule has 0 saturated carbocycles. The number of para-hydroxylation sites is 2. The number of benzene rings is 6. The first-order valence-electron chi connectivity index (χ1n) is 21.7. The van der Waals surface area contributed by atoms with Crippen LogP contribution in [0.25, 0.3) is 77.8 Å². The lowest BCUT2D eigenvalue weighted by molar-refractivity contribution is 0.461. The van der Waals surface area contributed by atoms with E-state index in [2.05, 4.69) is 128 Å². The molecular formula is C56H44N6O2. The highest BCUT2D eigenvalue weighted by Gasteiger charge is 2.19. The van der Waals surface area contributed by atoms with E-state index in [-0.39, 0.29) is 0 Å². The molecule has 0 radical (unpaired) electrons. The average molecular weight is 833 g/mol. The zero-order valence-electron chi connectivity index (χ0n) is 36.0. The van der Waals surface area contributed by atoms with Gasteiger partial charge in [0.05, 0.1) is 22.1 Å². The molecule has 8 nitrogen and oxygen atoms in total. The van der Waals surface area contributed by atoms with E-state index >= 15 is 0 Å². The Bertz CT molecular complexity index is 3300. The monoisotopic (exact) mass is 832 g/mol. The Labute approximate surface area is 371 Å². The minimum absolute atomic E-state index is 0.343. The molecule has 0 aliphatic rings. The van der Waals surface area contributed by atoms with E-state index in [9.17, 15) is 0 Å². The van der Waals surface area contributed by atoms with E-state index in [1.54, 1.807) is 0 Å². The maximum Gasteiger partial charge on any atom is 0.159 e. The summed E-state index contributed by atoms with van der Waals surface area (Å²) < 4.78 is 18.0. The minimum Gasteiger partial charge on any atom is -0.457 e. The van der Waals surface area contributed by atoms with Crippen molar-refractivity contribution < 1.29 is 9.47 Å². The summed E-state index contributed by atoms with van der Waals surface area (Å²) in [6, 6.07) is 53.6. The van der Waals surface area contributed by atoms with E-state index < -0.39 is 0 Å². The lowest BCUT2D eigenvalue weighted by atomic mass is 9.86. The van der Waals surface area contributed by atoms with Crippen LogP contribution in [0.1, 0.15) is 50.7 Å². The third-order valence-electron chi connectivity index (χ3n) is 12.0. The van der Waals surface area contributed by atoms with Crippen molar-refractivity contribution in [2.75, 3.05) is 0 Å². The summed E-state index contributed by atoms with van der Waals surface area (Å²) in [5.41, 5.74) is 9.65. The van der Waals surface area contributed by atoms with Gasteiger partial charge in [-0.05, 0) is 101 Å². The van der Waals surface area contributed by atoms with Crippen LogP contribution in [0.4, 0.5) is 0 Å². The first kappa shape index (κ1) is 38.8. The van der Waals surface area contributed by atoms with Crippen LogP contribution in [0, 0.1) is 0 Å². The van der Waals surface area contributed by atoms with E-state index in [0.717, 1.165) is 66.4 Å². The molecule has 0 aliphatic heterocycles. The second-order valence-electron chi connectivity index (χ2n) is 16.8. The van der Waals surface area contributed by atoms with Crippen molar-refractivity contribution in [1.82, 2.24) is 29.1 Å². The standard InChI is InChI=1S/C56H44N6O2/c1-35(2)43-16-13-17-44(36(3)4)55(43)38-33-59-56(60-34-38)37-28-41(63-39-22-24-47-45-14-5-7-18-49(45)61(51(47)31-39)53-20-9-11-26-57-53)30-42(29-37)64-40-23-25-48-46-15-6-8-19-50(46)62(52(48)32-40)54-21-10-12-27-58-54/h5-36H,1-4H3. The van der Waals surface area contributed by atoms with Crippen molar-refractivity contribution in [2.24, 2.45) is 0 Å². The number of rotatable bonds is 10. The number of hydrogen-bond acceptors (Lipinski definition) is 6. The first-order chi connectivity index (χ1) is 31.4. The molecule has 0 fully saturated rings. The van der Waals surface area contributed by atoms with Crippen LogP contribution >= 0.6 is 0 Å². The molecule has 6 aromatic carbocycles. The summed E-state index contributed by atoms with van der Waals surface area (Å²) in [5, 5.41) is 4.50. The van der Waals surface area contributed by atoms with Crippen molar-refractivity contribution in [1.29, 1.82) is 0 Å². The van der Waals surface area contributed by atoms with Gasteiger partial charge in [0.2, 0.25) is 0 Å². The number of nitrogens with zero attached hydrogens (tertiary/aromatic N) is 6. The highest BCUT2D eigenvalue weighted by atomic mass is 16.5. The lowest BCUT2D eigenvalue weighted by Crippen LogP contribution is -2.01. The van der Waals surface area contributed by atoms with Crippen LogP contribution in [0.5, 0.6) is 23.0 Å². The van der Waals surface area contributed by atoms with Gasteiger partial charge in [0.25, 0.3) is 0 Å². The molecule has 310 valence electrons. The molecule has 64 heavy (non-hydrogen) atoms. The molecule has 0 saturated heterocycles. The van der Waals surface area contributed by atoms with E-state index in [0.29, 0.717) is 40.7 Å². The summed E-state index contributed by atoms with van der Waals surface area (Å²) in [6.07, 6.45) is 7.52. The summed E-state index contributed by atoms with van der Waals surface area (Å²) in [6.45, 7) is 8.93. The Morgan fingerprint density at radius 1 is 0.391 bits per heavy atom. The predicted octanol–water partition coefficient (Wildman–Crippen LogP) is 14.6. The zero-order chi connectivity index (χ0) is 43.3. The van der Waals surface area contributed by atoms with E-state index in [1.165, 1.54) is 16.7 Å². The second-order valence-corrected chi connectivity index (χ2v) is 16.8. The lowest BCUT2D eigenvalue weighted by Gasteiger charge is -2.19. The molecule has 0 bridgehead atoms. The number of aromatic nitrogens is 6. The molecule has 8 heteroatoms. The normalized spacial score (nSPS) is 11.7. The van der Waals surface area contributed by atoms with Gasteiger partial charge >= 0.3 is 0 Å². The van der Waals surface area contributed by atoms with Crippen LogP contribution in [0.15, 0.2) is 183 Å². The van der Waals surface area contributed by atoms with Crippen molar-refractivity contribution >= 4 is 43.6 Å². The third kappa shape index (κ3) is 6.90. The Morgan fingerprint density at radius 2 is 0.859 bits per heavy atom. The third-order valence-corrected chi connectivity index (χ3v) is 12.0. The van der Waals surface area contributed by atoms with Gasteiger partial charge in [0.15, 0.2) is 5.82 Å². The SMILES string of the molecule is CC(C)c1cccc(C(C)C)c1-c1cnc(-c2cc(Oc3ccc4c5ccccc5n(-c5ccccn5)c4c3)cc(Oc3ccc4c5ccccc5n(-c5ccccn5)c4c3)c2)nc1. The number of pyridine rings is 2. The fraction of sp³-hybridized carbons (Fsp3) is 0.107. The molecule has 0 atom stereocenters. The van der Waals surface area contributed by atoms with Gasteiger partial charge in [-0.1, -0.05) is 94.4 Å². The smallest absolute Gasteiger partial charge is 0.159 e. The highest BCUT2D eigenvalue weighted by molar-refractivity contribution is 6.10. The number of hydrogen-bond donors (Lipinski definition) is 0. The minimum atomic E-state index is 0.343. The van der Waals surface area contributed by atoms with Crippen LogP contribution in [0.3, 0.4) is 0 Å². The first-order valence-corrected chi connectivity index (χ1v) is 21.7. The van der Waals surface area contributed by atoms with Gasteiger partial charge in [0.1, 0.15) is 34.6 Å². The summed E-state index contributed by atoms with van der Waals surface area (Å²) in [7, 11) is 0. The Morgan fingerprint density at radius 3 is 1.33 bits per heavy atom. The molecule has 5 aromatic heterocycles. The fourth-order valence-corrected chi connectivity index (χ4v) is 9.07. The second kappa shape index (κ2) is 16.0. The maximum atomic E-state index is 6.80. The van der Waals surface area contributed by atoms with E-state index in [4.69, 9.17) is 29.4 Å². The summed E-state index contributed by atoms with van der Waals surface area (Å²) in [4.78, 5) is 19.4. The van der Waals surface area contributed by atoms with Crippen LogP contribution in [0.2, 0.25) is 0 Å². The number of fused-ring (bicyclic) bond motifs is 6. The van der Waals surface area contributed by atoms with Gasteiger partial charge in [-0.2, -0.15) is 0 Å². The van der Waals surface area contributed by atoms with Crippen molar-refractivity contribution in [3.63, 3.8) is 0 Å². The topological polar surface area (TPSA) is 79.9 Å². The van der Waals surface area contributed by atoms with Gasteiger partial charge in [-0.3, -0.25) is 9.13 Å². The quantitative estimate of drug-likeness (QED) is 0.137. The fourth-order valence-electron chi connectivity index (χ4n) is 9.07. The average Bonchev–Trinajstić information content (AvgIpc) is 3.84. The van der Waals surface area contributed by atoms with Crippen LogP contribution in [-0.2, 0) is 0 Å². The molecule has 11 rings (SSSR count). The molecule has 0 N–H and O–H groups in total. The Hall–Kier alpha value is -8.10. The molecule has 0 unspecified atom stereocenters. The van der Waals surface area contributed by atoms with Crippen LogP contribution in [-0.4, -0.2) is 29.1 Å². The molecule has 0 spiro atoms. The molecule has 0 aliphatic carbocycles. The Balaban J connectivity index is 1.03. The van der Waals surface area contributed by atoms with Crippen molar-refractivity contribution in [3.05, 3.63) is 194 Å². The molecular weight excluding hydrogens is 789 g/mol. The molecule has 11 aromatic rings. The van der Waals surface area contributed by atoms with Gasteiger partial charge < -0.3 is 9.47 Å². The zero-order valence-corrected chi connectivity index (χ0v) is 36.0. The summed E-state index contributed by atoms with van der Waals surface area (Å²) >= 11 is 0. The maximum absolute atomic E-state index is 6.80. The highest BCUT2D eigenvalue weighted by Crippen LogP contribution is 2.40. The number of ether oxygens (including phenoxy) is 2. The molecule has 0 amide bonds. The van der Waals surface area contributed by atoms with Gasteiger partial charge in [-0.15, -0.1) is 0 Å². The van der Waals surface area contributed by atoms with Crippen molar-refractivity contribution in [2.45, 2.75) is 39.5 Å². The largest absolute Gasteiger partial charge is 0.457 e. The van der Waals surface area contributed by atoms with Gasteiger partial charge in [0, 0.05) is 75.7 Å². The molecule has 5 heterocycles. The summed E-state index contributed by atoms with van der Waals surface area (Å²) in [5.74, 6) is 5.40. The van der Waals surface area contributed by atoms with Crippen molar-refractivity contribution in [3.8, 4) is 57.1 Å². The van der Waals surface area contributed by atoms with E-state index in [1.807, 2.05) is 91.5 Å². The van der Waals surface area contributed by atoms with Gasteiger partial charge in [-0.25, -0.2) is 19.9 Å². The predicted molar refractivity (Wildman–Crippen MR) is 258 cm³/mol.